The van der Waals surface area contributed by atoms with Crippen molar-refractivity contribution in [3.63, 3.8) is 0 Å². The number of carbonyl (C=O) groups excluding carboxylic acids is 4. The molecule has 0 saturated carbocycles. The smallest absolute Gasteiger partial charge is 0.265 e. The van der Waals surface area contributed by atoms with Gasteiger partial charge in [0.2, 0.25) is 11.8 Å². The lowest BCUT2D eigenvalue weighted by atomic mass is 9.95. The Balaban J connectivity index is 0.921. The fourth-order valence-electron chi connectivity index (χ4n) is 7.49. The van der Waals surface area contributed by atoms with E-state index in [1.807, 2.05) is 5.32 Å². The molecule has 4 amide bonds. The maximum Gasteiger partial charge on any atom is 0.265 e. The SMILES string of the molecule is [2H]C1([2H])N(CC2CCN(CCCOc3cc4c(Nc5ccc(F)c(Cl)c5)ncnc4cc3OC)CC2)C([2H])([2H])C([2H])([2H])N(c2cc(F)c3c(c2F)C(=O)N(C2CCC(=O)NC2=O)C3=O)C1([2H])[2H]. The van der Waals surface area contributed by atoms with Gasteiger partial charge in [0, 0.05) is 74.2 Å². The van der Waals surface area contributed by atoms with Gasteiger partial charge in [-0.3, -0.25) is 34.3 Å². The summed E-state index contributed by atoms with van der Waals surface area (Å²) in [6, 6.07) is 6.15. The van der Waals surface area contributed by atoms with Crippen LogP contribution in [0, 0.1) is 23.4 Å². The molecule has 4 aromatic rings. The molecule has 1 atom stereocenters. The van der Waals surface area contributed by atoms with Crippen LogP contribution in [0.5, 0.6) is 11.5 Å². The summed E-state index contributed by atoms with van der Waals surface area (Å²) in [4.78, 5) is 62.2. The number of fused-ring (bicyclic) bond motifs is 2. The van der Waals surface area contributed by atoms with E-state index >= 15 is 8.78 Å². The predicted octanol–water partition coefficient (Wildman–Crippen LogP) is 5.16. The first-order valence-corrected chi connectivity index (χ1v) is 19.1. The van der Waals surface area contributed by atoms with Crippen molar-refractivity contribution < 1.29 is 52.8 Å². The topological polar surface area (TPSA) is 150 Å². The van der Waals surface area contributed by atoms with Gasteiger partial charge in [0.15, 0.2) is 17.3 Å². The van der Waals surface area contributed by atoms with E-state index in [1.54, 1.807) is 12.1 Å². The standard InChI is InChI=1S/C41H42ClF3N8O6/c1-58-32-20-29-25(38(47-22-46-29)48-24-3-4-27(43)26(42)17-24)18-33(32)59-16-2-9-50-10-7-23(8-11-50)21-51-12-14-52(15-13-51)31-19-28(44)35-36(37(31)45)41(57)53(40(35)56)30-5-6-34(54)49-39(30)55/h3-4,17-20,22-23,30H,2,5-16,21H2,1H3,(H,46,47,48)(H,49,54,55)/i12D2,13D2,14D2,15D2. The van der Waals surface area contributed by atoms with Crippen molar-refractivity contribution in [3.05, 3.63) is 76.3 Å². The molecule has 1 unspecified atom stereocenters. The van der Waals surface area contributed by atoms with E-state index in [-0.39, 0.29) is 40.3 Å². The van der Waals surface area contributed by atoms with E-state index in [4.69, 9.17) is 32.0 Å². The molecule has 0 aliphatic carbocycles. The van der Waals surface area contributed by atoms with Gasteiger partial charge in [-0.25, -0.2) is 23.1 Å². The number of hydrogen-bond acceptors (Lipinski definition) is 12. The minimum Gasteiger partial charge on any atom is -0.493 e. The molecule has 310 valence electrons. The quantitative estimate of drug-likeness (QED) is 0.143. The van der Waals surface area contributed by atoms with Gasteiger partial charge in [-0.2, -0.15) is 0 Å². The van der Waals surface area contributed by atoms with Crippen molar-refractivity contribution in [2.45, 2.75) is 38.1 Å². The molecular formula is C41H42ClF3N8O6. The van der Waals surface area contributed by atoms with Gasteiger partial charge in [0.05, 0.1) is 46.6 Å². The molecule has 4 aliphatic rings. The highest BCUT2D eigenvalue weighted by Gasteiger charge is 2.48. The third kappa shape index (κ3) is 8.23. The summed E-state index contributed by atoms with van der Waals surface area (Å²) < 4.78 is 129. The van der Waals surface area contributed by atoms with Gasteiger partial charge in [-0.05, 0) is 69.0 Å². The number of rotatable bonds is 12. The molecule has 2 N–H and O–H groups in total. The molecule has 8 rings (SSSR count). The van der Waals surface area contributed by atoms with Crippen molar-refractivity contribution in [3.8, 4) is 11.5 Å². The number of aromatic nitrogens is 2. The summed E-state index contributed by atoms with van der Waals surface area (Å²) in [6.45, 7) is -12.8. The Morgan fingerprint density at radius 1 is 0.915 bits per heavy atom. The van der Waals surface area contributed by atoms with Gasteiger partial charge in [0.25, 0.3) is 11.8 Å². The van der Waals surface area contributed by atoms with Crippen LogP contribution in [0.4, 0.5) is 30.4 Å². The molecule has 1 aromatic heterocycles. The summed E-state index contributed by atoms with van der Waals surface area (Å²) in [7, 11) is 1.49. The van der Waals surface area contributed by atoms with Gasteiger partial charge in [0.1, 0.15) is 29.8 Å². The van der Waals surface area contributed by atoms with Crippen molar-refractivity contribution in [1.82, 2.24) is 30.0 Å². The molecule has 3 saturated heterocycles. The first-order chi connectivity index (χ1) is 31.5. The van der Waals surface area contributed by atoms with Crippen molar-refractivity contribution in [2.75, 3.05) is 76.1 Å². The fraction of sp³-hybridized carbons (Fsp3) is 0.415. The van der Waals surface area contributed by atoms with E-state index in [0.29, 0.717) is 77.7 Å². The predicted molar refractivity (Wildman–Crippen MR) is 212 cm³/mol. The molecule has 5 heterocycles. The molecule has 0 bridgehead atoms. The number of piperazine rings is 1. The van der Waals surface area contributed by atoms with Crippen LogP contribution in [0.1, 0.15) is 63.8 Å². The highest BCUT2D eigenvalue weighted by atomic mass is 35.5. The molecule has 0 radical (unpaired) electrons. The van der Waals surface area contributed by atoms with Crippen LogP contribution in [0.25, 0.3) is 10.9 Å². The summed E-state index contributed by atoms with van der Waals surface area (Å²) >= 11 is 5.96. The number of piperidine rings is 2. The zero-order valence-electron chi connectivity index (χ0n) is 39.4. The Labute approximate surface area is 353 Å². The number of nitrogens with zero attached hydrogens (tertiary/aromatic N) is 6. The Bertz CT molecular complexity index is 2670. The van der Waals surface area contributed by atoms with Crippen molar-refractivity contribution in [1.29, 1.82) is 0 Å². The number of nitrogens with one attached hydrogen (secondary N) is 2. The highest BCUT2D eigenvalue weighted by molar-refractivity contribution is 6.31. The Morgan fingerprint density at radius 2 is 1.68 bits per heavy atom. The van der Waals surface area contributed by atoms with Gasteiger partial charge in [-0.1, -0.05) is 11.6 Å². The van der Waals surface area contributed by atoms with Crippen LogP contribution in [-0.2, 0) is 9.59 Å². The number of carbonyl (C=O) groups is 4. The number of amides is 4. The van der Waals surface area contributed by atoms with Crippen molar-refractivity contribution >= 4 is 63.3 Å². The Morgan fingerprint density at radius 3 is 2.41 bits per heavy atom. The number of benzene rings is 3. The second-order valence-electron chi connectivity index (χ2n) is 14.3. The van der Waals surface area contributed by atoms with Gasteiger partial charge >= 0.3 is 0 Å². The largest absolute Gasteiger partial charge is 0.493 e. The van der Waals surface area contributed by atoms with Crippen molar-refractivity contribution in [2.24, 2.45) is 5.92 Å². The number of hydrogen-bond donors (Lipinski definition) is 2. The van der Waals surface area contributed by atoms with E-state index in [1.165, 1.54) is 31.6 Å². The summed E-state index contributed by atoms with van der Waals surface area (Å²) in [5.74, 6) is -7.98. The van der Waals surface area contributed by atoms with Crippen LogP contribution in [0.3, 0.4) is 0 Å². The number of ether oxygens (including phenoxy) is 2. The molecular weight excluding hydrogens is 793 g/mol. The lowest BCUT2D eigenvalue weighted by Crippen LogP contribution is -2.54. The van der Waals surface area contributed by atoms with Gasteiger partial charge in [-0.15, -0.1) is 0 Å². The first kappa shape index (κ1) is 31.4. The monoisotopic (exact) mass is 842 g/mol. The minimum atomic E-state index is -3.64. The summed E-state index contributed by atoms with van der Waals surface area (Å²) in [6.07, 6.45) is 2.04. The number of methoxy groups -OCH3 is 1. The second kappa shape index (κ2) is 17.0. The third-order valence-corrected chi connectivity index (χ3v) is 10.8. The third-order valence-electron chi connectivity index (χ3n) is 10.5. The average molecular weight is 843 g/mol. The molecule has 18 heteroatoms. The second-order valence-corrected chi connectivity index (χ2v) is 14.7. The average Bonchev–Trinajstić information content (AvgIpc) is 3.53. The number of halogens is 4. The maximum atomic E-state index is 16.6. The van der Waals surface area contributed by atoms with Crippen LogP contribution in [0.15, 0.2) is 42.7 Å². The van der Waals surface area contributed by atoms with E-state index in [0.717, 1.165) is 0 Å². The molecule has 0 spiro atoms. The molecule has 14 nitrogen and oxygen atoms in total. The Kier molecular flexibility index (Phi) is 9.04. The first-order valence-electron chi connectivity index (χ1n) is 22.7. The molecule has 59 heavy (non-hydrogen) atoms. The zero-order chi connectivity index (χ0) is 48.5. The fourth-order valence-corrected chi connectivity index (χ4v) is 7.67. The van der Waals surface area contributed by atoms with E-state index in [9.17, 15) is 23.6 Å². The number of likely N-dealkylation sites (tertiary alicyclic amines) is 1. The van der Waals surface area contributed by atoms with Crippen LogP contribution in [-0.4, -0.2) is 120 Å². The summed E-state index contributed by atoms with van der Waals surface area (Å²) in [5, 5.41) is 5.59. The van der Waals surface area contributed by atoms with Crippen LogP contribution < -0.4 is 25.0 Å². The van der Waals surface area contributed by atoms with Crippen LogP contribution >= 0.6 is 11.6 Å². The zero-order valence-corrected chi connectivity index (χ0v) is 32.2. The highest BCUT2D eigenvalue weighted by Crippen LogP contribution is 2.37. The molecule has 4 aliphatic heterocycles. The van der Waals surface area contributed by atoms with E-state index in [2.05, 4.69) is 20.2 Å². The Hall–Kier alpha value is -5.52. The van der Waals surface area contributed by atoms with Crippen LogP contribution in [0.2, 0.25) is 5.02 Å². The maximum absolute atomic E-state index is 16.6. The number of imide groups is 2. The minimum absolute atomic E-state index is 0.0650. The normalized spacial score (nSPS) is 24.8. The molecule has 3 aromatic carbocycles. The lowest BCUT2D eigenvalue weighted by Gasteiger charge is -2.39. The molecule has 3 fully saturated rings. The van der Waals surface area contributed by atoms with Gasteiger partial charge < -0.3 is 24.6 Å². The number of anilines is 3. The van der Waals surface area contributed by atoms with E-state index < -0.39 is 102 Å². The summed E-state index contributed by atoms with van der Waals surface area (Å²) in [5.41, 5.74) is -2.74. The lowest BCUT2D eigenvalue weighted by molar-refractivity contribution is -0.136.